The van der Waals surface area contributed by atoms with Crippen molar-refractivity contribution < 1.29 is 9.18 Å². The van der Waals surface area contributed by atoms with Crippen molar-refractivity contribution in [2.75, 3.05) is 36.4 Å². The fraction of sp³-hybridized carbons (Fsp3) is 0.238. The molecule has 5 nitrogen and oxygen atoms in total. The average Bonchev–Trinajstić information content (AvgIpc) is 2.70. The number of hydrogen-bond donors (Lipinski definition) is 1. The number of para-hydroxylation sites is 1. The van der Waals surface area contributed by atoms with Crippen molar-refractivity contribution in [3.8, 4) is 6.07 Å². The van der Waals surface area contributed by atoms with E-state index in [0.717, 1.165) is 5.56 Å². The molecule has 1 amide bonds. The van der Waals surface area contributed by atoms with Gasteiger partial charge in [-0.05, 0) is 36.8 Å². The van der Waals surface area contributed by atoms with Crippen LogP contribution in [0.15, 0.2) is 54.2 Å². The highest BCUT2D eigenvalue weighted by Crippen LogP contribution is 2.22. The van der Waals surface area contributed by atoms with Gasteiger partial charge in [0.1, 0.15) is 17.5 Å². The summed E-state index contributed by atoms with van der Waals surface area (Å²) in [5.41, 5.74) is 2.02. The molecule has 7 heteroatoms. The average molecular weight is 399 g/mol. The number of rotatable bonds is 4. The third-order valence-corrected chi connectivity index (χ3v) is 5.02. The first-order valence-electron chi connectivity index (χ1n) is 8.91. The molecule has 1 saturated heterocycles. The van der Waals surface area contributed by atoms with E-state index in [4.69, 9.17) is 11.6 Å². The third kappa shape index (κ3) is 4.62. The number of anilines is 2. The molecule has 1 N–H and O–H groups in total. The van der Waals surface area contributed by atoms with Crippen molar-refractivity contribution in [2.45, 2.75) is 6.92 Å². The molecule has 1 heterocycles. The van der Waals surface area contributed by atoms with Gasteiger partial charge in [0.25, 0.3) is 5.91 Å². The molecule has 1 fully saturated rings. The van der Waals surface area contributed by atoms with E-state index in [0.29, 0.717) is 42.6 Å². The Bertz CT molecular complexity index is 946. The molecule has 2 aromatic carbocycles. The number of halogens is 2. The molecule has 0 bridgehead atoms. The standard InChI is InChI=1S/C21H20ClFN4O/c1-15-6-7-17(12-18(15)22)25-21(28)16(13-24)14-26-8-10-27(11-9-26)20-5-3-2-4-19(20)23/h2-7,12,14H,8-11H2,1H3,(H,25,28)/b16-14-. The van der Waals surface area contributed by atoms with Gasteiger partial charge in [-0.3, -0.25) is 4.79 Å². The fourth-order valence-corrected chi connectivity index (χ4v) is 3.17. The van der Waals surface area contributed by atoms with Gasteiger partial charge in [0.2, 0.25) is 0 Å². The van der Waals surface area contributed by atoms with Gasteiger partial charge >= 0.3 is 0 Å². The number of nitrogens with zero attached hydrogens (tertiary/aromatic N) is 3. The van der Waals surface area contributed by atoms with Crippen LogP contribution in [-0.4, -0.2) is 37.0 Å². The lowest BCUT2D eigenvalue weighted by Crippen LogP contribution is -2.44. The molecule has 0 unspecified atom stereocenters. The first-order chi connectivity index (χ1) is 13.5. The quantitative estimate of drug-likeness (QED) is 0.625. The van der Waals surface area contributed by atoms with Crippen LogP contribution in [-0.2, 0) is 4.79 Å². The molecule has 1 aliphatic rings. The van der Waals surface area contributed by atoms with Crippen LogP contribution in [0.5, 0.6) is 0 Å². The predicted molar refractivity (Wildman–Crippen MR) is 109 cm³/mol. The van der Waals surface area contributed by atoms with Crippen LogP contribution in [0.3, 0.4) is 0 Å². The summed E-state index contributed by atoms with van der Waals surface area (Å²) in [4.78, 5) is 16.3. The summed E-state index contributed by atoms with van der Waals surface area (Å²) in [7, 11) is 0. The van der Waals surface area contributed by atoms with Gasteiger partial charge in [0, 0.05) is 43.1 Å². The van der Waals surface area contributed by atoms with Crippen molar-refractivity contribution in [1.29, 1.82) is 5.26 Å². The second-order valence-corrected chi connectivity index (χ2v) is 6.95. The van der Waals surface area contributed by atoms with E-state index in [-0.39, 0.29) is 11.4 Å². The lowest BCUT2D eigenvalue weighted by molar-refractivity contribution is -0.112. The minimum absolute atomic E-state index is 0.0102. The number of nitrogens with one attached hydrogen (secondary N) is 1. The van der Waals surface area contributed by atoms with Gasteiger partial charge in [-0.2, -0.15) is 5.26 Å². The summed E-state index contributed by atoms with van der Waals surface area (Å²) >= 11 is 6.07. The van der Waals surface area contributed by atoms with Crippen LogP contribution >= 0.6 is 11.6 Å². The Morgan fingerprint density at radius 1 is 1.21 bits per heavy atom. The van der Waals surface area contributed by atoms with E-state index in [1.54, 1.807) is 42.6 Å². The first kappa shape index (κ1) is 19.7. The predicted octanol–water partition coefficient (Wildman–Crippen LogP) is 3.96. The zero-order valence-electron chi connectivity index (χ0n) is 15.5. The van der Waals surface area contributed by atoms with Gasteiger partial charge in [0.05, 0.1) is 5.69 Å². The summed E-state index contributed by atoms with van der Waals surface area (Å²) in [6, 6.07) is 13.8. The first-order valence-corrected chi connectivity index (χ1v) is 9.28. The largest absolute Gasteiger partial charge is 0.373 e. The summed E-state index contributed by atoms with van der Waals surface area (Å²) in [5, 5.41) is 12.6. The van der Waals surface area contributed by atoms with Crippen LogP contribution in [0.1, 0.15) is 5.56 Å². The highest BCUT2D eigenvalue weighted by molar-refractivity contribution is 6.31. The molecular weight excluding hydrogens is 379 g/mol. The van der Waals surface area contributed by atoms with Gasteiger partial charge in [-0.15, -0.1) is 0 Å². The van der Waals surface area contributed by atoms with E-state index < -0.39 is 5.91 Å². The van der Waals surface area contributed by atoms with Crippen molar-refractivity contribution in [2.24, 2.45) is 0 Å². The molecule has 0 radical (unpaired) electrons. The highest BCUT2D eigenvalue weighted by Gasteiger charge is 2.19. The molecule has 0 saturated carbocycles. The Kier molecular flexibility index (Phi) is 6.17. The van der Waals surface area contributed by atoms with Crippen molar-refractivity contribution >= 4 is 28.9 Å². The minimum Gasteiger partial charge on any atom is -0.373 e. The number of piperazine rings is 1. The Morgan fingerprint density at radius 2 is 1.93 bits per heavy atom. The summed E-state index contributed by atoms with van der Waals surface area (Å²) in [5.74, 6) is -0.737. The highest BCUT2D eigenvalue weighted by atomic mass is 35.5. The number of amides is 1. The number of benzene rings is 2. The number of aryl methyl sites for hydroxylation is 1. The van der Waals surface area contributed by atoms with Gasteiger partial charge < -0.3 is 15.1 Å². The Balaban J connectivity index is 1.63. The molecule has 28 heavy (non-hydrogen) atoms. The zero-order valence-corrected chi connectivity index (χ0v) is 16.2. The molecule has 2 aromatic rings. The Morgan fingerprint density at radius 3 is 2.57 bits per heavy atom. The monoisotopic (exact) mass is 398 g/mol. The van der Waals surface area contributed by atoms with Gasteiger partial charge in [0.15, 0.2) is 0 Å². The van der Waals surface area contributed by atoms with Crippen LogP contribution in [0.4, 0.5) is 15.8 Å². The van der Waals surface area contributed by atoms with Crippen molar-refractivity contribution in [1.82, 2.24) is 4.90 Å². The topological polar surface area (TPSA) is 59.4 Å². The van der Waals surface area contributed by atoms with E-state index in [2.05, 4.69) is 5.32 Å². The zero-order chi connectivity index (χ0) is 20.1. The summed E-state index contributed by atoms with van der Waals surface area (Å²) < 4.78 is 13.9. The molecule has 144 valence electrons. The van der Waals surface area contributed by atoms with E-state index >= 15 is 0 Å². The van der Waals surface area contributed by atoms with Crippen LogP contribution < -0.4 is 10.2 Å². The smallest absolute Gasteiger partial charge is 0.267 e. The number of nitriles is 1. The van der Waals surface area contributed by atoms with Crippen LogP contribution in [0.2, 0.25) is 5.02 Å². The SMILES string of the molecule is Cc1ccc(NC(=O)/C(C#N)=C\N2CCN(c3ccccc3F)CC2)cc1Cl. The number of carbonyl (C=O) groups is 1. The maximum absolute atomic E-state index is 13.9. The maximum atomic E-state index is 13.9. The van der Waals surface area contributed by atoms with E-state index in [1.165, 1.54) is 6.07 Å². The Labute approximate surface area is 168 Å². The normalized spacial score (nSPS) is 14.6. The molecule has 0 aliphatic carbocycles. The Hall–Kier alpha value is -3.04. The van der Waals surface area contributed by atoms with Gasteiger partial charge in [-0.25, -0.2) is 4.39 Å². The molecule has 1 aliphatic heterocycles. The molecular formula is C21H20ClFN4O. The second kappa shape index (κ2) is 8.77. The third-order valence-electron chi connectivity index (χ3n) is 4.61. The summed E-state index contributed by atoms with van der Waals surface area (Å²) in [6.07, 6.45) is 1.56. The lowest BCUT2D eigenvalue weighted by Gasteiger charge is -2.35. The van der Waals surface area contributed by atoms with Crippen molar-refractivity contribution in [3.63, 3.8) is 0 Å². The van der Waals surface area contributed by atoms with E-state index in [1.807, 2.05) is 22.8 Å². The van der Waals surface area contributed by atoms with Crippen LogP contribution in [0, 0.1) is 24.1 Å². The van der Waals surface area contributed by atoms with Crippen molar-refractivity contribution in [3.05, 3.63) is 70.6 Å². The number of hydrogen-bond acceptors (Lipinski definition) is 4. The molecule has 3 rings (SSSR count). The second-order valence-electron chi connectivity index (χ2n) is 6.55. The van der Waals surface area contributed by atoms with E-state index in [9.17, 15) is 14.4 Å². The molecule has 0 aromatic heterocycles. The maximum Gasteiger partial charge on any atom is 0.267 e. The fourth-order valence-electron chi connectivity index (χ4n) is 2.99. The summed E-state index contributed by atoms with van der Waals surface area (Å²) in [6.45, 7) is 4.25. The lowest BCUT2D eigenvalue weighted by atomic mass is 10.2. The van der Waals surface area contributed by atoms with Crippen LogP contribution in [0.25, 0.3) is 0 Å². The molecule has 0 spiro atoms. The number of carbonyl (C=O) groups excluding carboxylic acids is 1. The molecule has 0 atom stereocenters. The van der Waals surface area contributed by atoms with Gasteiger partial charge in [-0.1, -0.05) is 29.8 Å². The minimum atomic E-state index is -0.487.